The van der Waals surface area contributed by atoms with Crippen molar-refractivity contribution < 1.29 is 0 Å². The smallest absolute Gasteiger partial charge is 0.0699 e. The minimum absolute atomic E-state index is 0. The molecule has 0 saturated heterocycles. The summed E-state index contributed by atoms with van der Waals surface area (Å²) >= 11 is 0. The van der Waals surface area contributed by atoms with Gasteiger partial charge in [-0.15, -0.1) is 34.0 Å². The highest BCUT2D eigenvalue weighted by molar-refractivity contribution is 8.93. The van der Waals surface area contributed by atoms with Crippen LogP contribution < -0.4 is 0 Å². The molecule has 1 saturated carbocycles. The Bertz CT molecular complexity index is 53.0. The standard InChI is InChI=1S/C6H11B.2BrH/c7-6-4-2-1-3-5-6;;/h6H,1-5H2;2*1H. The predicted octanol–water partition coefficient (Wildman–Crippen LogP) is 3.06. The Morgan fingerprint density at radius 1 is 0.889 bits per heavy atom. The third-order valence-electron chi connectivity index (χ3n) is 1.65. The van der Waals surface area contributed by atoms with Gasteiger partial charge < -0.3 is 0 Å². The SMILES string of the molecule is Br.Br.[B]C1CCCCC1. The topological polar surface area (TPSA) is 0 Å². The van der Waals surface area contributed by atoms with Crippen LogP contribution in [0.15, 0.2) is 0 Å². The van der Waals surface area contributed by atoms with Crippen LogP contribution in [-0.2, 0) is 0 Å². The van der Waals surface area contributed by atoms with Gasteiger partial charge in [0.05, 0.1) is 7.85 Å². The van der Waals surface area contributed by atoms with Gasteiger partial charge in [-0.3, -0.25) is 0 Å². The van der Waals surface area contributed by atoms with Crippen molar-refractivity contribution in [2.45, 2.75) is 37.9 Å². The van der Waals surface area contributed by atoms with Gasteiger partial charge in [-0.1, -0.05) is 37.9 Å². The minimum atomic E-state index is 0. The third kappa shape index (κ3) is 5.47. The van der Waals surface area contributed by atoms with Crippen molar-refractivity contribution in [1.82, 2.24) is 0 Å². The van der Waals surface area contributed by atoms with Crippen LogP contribution in [0.5, 0.6) is 0 Å². The summed E-state index contributed by atoms with van der Waals surface area (Å²) in [6.45, 7) is 0. The largest absolute Gasteiger partial charge is 0.114 e. The zero-order valence-corrected chi connectivity index (χ0v) is 8.93. The van der Waals surface area contributed by atoms with Crippen LogP contribution in [0.2, 0.25) is 5.82 Å². The van der Waals surface area contributed by atoms with Crippen molar-refractivity contribution in [3.63, 3.8) is 0 Å². The molecule has 0 aromatic rings. The zero-order chi connectivity index (χ0) is 5.11. The Kier molecular flexibility index (Phi) is 10.1. The quantitative estimate of drug-likeness (QED) is 0.584. The van der Waals surface area contributed by atoms with Crippen LogP contribution in [0.4, 0.5) is 0 Å². The first-order chi connectivity index (χ1) is 3.39. The molecular weight excluding hydrogens is 243 g/mol. The molecule has 1 aliphatic carbocycles. The maximum Gasteiger partial charge on any atom is 0.0699 e. The molecule has 1 rings (SSSR count). The highest BCUT2D eigenvalue weighted by Crippen LogP contribution is 2.24. The Balaban J connectivity index is 0. The summed E-state index contributed by atoms with van der Waals surface area (Å²) in [6.07, 6.45) is 6.66. The maximum absolute atomic E-state index is 5.63. The van der Waals surface area contributed by atoms with E-state index in [0.29, 0.717) is 5.82 Å². The highest BCUT2D eigenvalue weighted by atomic mass is 79.9. The summed E-state index contributed by atoms with van der Waals surface area (Å²) in [6, 6.07) is 0. The van der Waals surface area contributed by atoms with Gasteiger partial charge in [0.2, 0.25) is 0 Å². The first kappa shape index (κ1) is 12.7. The second-order valence-electron chi connectivity index (χ2n) is 2.40. The van der Waals surface area contributed by atoms with Gasteiger partial charge in [0.25, 0.3) is 0 Å². The fourth-order valence-corrected chi connectivity index (χ4v) is 1.13. The minimum Gasteiger partial charge on any atom is -0.114 e. The third-order valence-corrected chi connectivity index (χ3v) is 1.65. The Hall–Kier alpha value is 1.02. The molecule has 0 bridgehead atoms. The second kappa shape index (κ2) is 7.14. The molecule has 0 nitrogen and oxygen atoms in total. The predicted molar refractivity (Wildman–Crippen MR) is 53.2 cm³/mol. The normalized spacial score (nSPS) is 19.6. The van der Waals surface area contributed by atoms with Gasteiger partial charge >= 0.3 is 0 Å². The molecule has 0 aliphatic heterocycles. The number of hydrogen-bond acceptors (Lipinski definition) is 0. The van der Waals surface area contributed by atoms with Gasteiger partial charge in [0, 0.05) is 0 Å². The van der Waals surface area contributed by atoms with Crippen molar-refractivity contribution in [2.75, 3.05) is 0 Å². The van der Waals surface area contributed by atoms with Crippen LogP contribution in [0, 0.1) is 0 Å². The summed E-state index contributed by atoms with van der Waals surface area (Å²) in [5, 5.41) is 0. The fraction of sp³-hybridized carbons (Fsp3) is 1.00. The molecule has 3 heteroatoms. The van der Waals surface area contributed by atoms with E-state index in [1.165, 1.54) is 32.1 Å². The zero-order valence-electron chi connectivity index (χ0n) is 5.51. The lowest BCUT2D eigenvalue weighted by molar-refractivity contribution is 0.504. The maximum atomic E-state index is 5.63. The molecule has 9 heavy (non-hydrogen) atoms. The molecular formula is C6H13BBr2. The van der Waals surface area contributed by atoms with Crippen LogP contribution >= 0.6 is 34.0 Å². The second-order valence-corrected chi connectivity index (χ2v) is 2.40. The first-order valence-electron chi connectivity index (χ1n) is 3.15. The van der Waals surface area contributed by atoms with E-state index in [0.717, 1.165) is 0 Å². The number of halogens is 2. The molecule has 2 radical (unpaired) electrons. The molecule has 1 aliphatic rings. The monoisotopic (exact) mass is 254 g/mol. The highest BCUT2D eigenvalue weighted by Gasteiger charge is 2.05. The van der Waals surface area contributed by atoms with Crippen LogP contribution in [0.1, 0.15) is 32.1 Å². The molecule has 0 heterocycles. The lowest BCUT2D eigenvalue weighted by atomic mass is 9.76. The van der Waals surface area contributed by atoms with Gasteiger partial charge in [-0.05, 0) is 0 Å². The van der Waals surface area contributed by atoms with E-state index in [9.17, 15) is 0 Å². The van der Waals surface area contributed by atoms with E-state index in [1.807, 2.05) is 0 Å². The van der Waals surface area contributed by atoms with Crippen LogP contribution in [0.3, 0.4) is 0 Å². The summed E-state index contributed by atoms with van der Waals surface area (Å²) in [5.41, 5.74) is 0. The Labute approximate surface area is 79.7 Å². The van der Waals surface area contributed by atoms with E-state index < -0.39 is 0 Å². The average molecular weight is 256 g/mol. The van der Waals surface area contributed by atoms with E-state index in [-0.39, 0.29) is 34.0 Å². The number of hydrogen-bond donors (Lipinski definition) is 0. The summed E-state index contributed by atoms with van der Waals surface area (Å²) in [5.74, 6) is 0.536. The van der Waals surface area contributed by atoms with Crippen molar-refractivity contribution >= 4 is 41.8 Å². The summed E-state index contributed by atoms with van der Waals surface area (Å²) < 4.78 is 0. The molecule has 0 aromatic carbocycles. The molecule has 0 spiro atoms. The molecule has 54 valence electrons. The van der Waals surface area contributed by atoms with Crippen molar-refractivity contribution in [3.8, 4) is 0 Å². The lowest BCUT2D eigenvalue weighted by Crippen LogP contribution is -1.98. The fourth-order valence-electron chi connectivity index (χ4n) is 1.13. The van der Waals surface area contributed by atoms with Crippen molar-refractivity contribution in [3.05, 3.63) is 0 Å². The van der Waals surface area contributed by atoms with E-state index in [1.54, 1.807) is 0 Å². The van der Waals surface area contributed by atoms with E-state index >= 15 is 0 Å². The van der Waals surface area contributed by atoms with Gasteiger partial charge in [-0.25, -0.2) is 0 Å². The van der Waals surface area contributed by atoms with Crippen molar-refractivity contribution in [2.24, 2.45) is 0 Å². The van der Waals surface area contributed by atoms with Gasteiger partial charge in [-0.2, -0.15) is 0 Å². The van der Waals surface area contributed by atoms with Gasteiger partial charge in [0.15, 0.2) is 0 Å². The summed E-state index contributed by atoms with van der Waals surface area (Å²) in [7, 11) is 5.63. The molecule has 0 unspecified atom stereocenters. The van der Waals surface area contributed by atoms with Crippen LogP contribution in [0.25, 0.3) is 0 Å². The van der Waals surface area contributed by atoms with Crippen LogP contribution in [-0.4, -0.2) is 7.85 Å². The molecule has 0 aromatic heterocycles. The molecule has 1 fully saturated rings. The molecule has 0 N–H and O–H groups in total. The Morgan fingerprint density at radius 2 is 1.33 bits per heavy atom. The lowest BCUT2D eigenvalue weighted by Gasteiger charge is -2.15. The van der Waals surface area contributed by atoms with E-state index in [2.05, 4.69) is 0 Å². The van der Waals surface area contributed by atoms with E-state index in [4.69, 9.17) is 7.85 Å². The summed E-state index contributed by atoms with van der Waals surface area (Å²) in [4.78, 5) is 0. The first-order valence-corrected chi connectivity index (χ1v) is 3.15. The van der Waals surface area contributed by atoms with Crippen molar-refractivity contribution in [1.29, 1.82) is 0 Å². The number of rotatable bonds is 0. The Morgan fingerprint density at radius 3 is 1.56 bits per heavy atom. The van der Waals surface area contributed by atoms with Gasteiger partial charge in [0.1, 0.15) is 0 Å². The average Bonchev–Trinajstić information content (AvgIpc) is 1.69. The molecule has 0 amide bonds. The molecule has 0 atom stereocenters.